The highest BCUT2D eigenvalue weighted by Gasteiger charge is 2.18. The summed E-state index contributed by atoms with van der Waals surface area (Å²) >= 11 is 0. The van der Waals surface area contributed by atoms with Gasteiger partial charge in [-0.3, -0.25) is 9.29 Å². The van der Waals surface area contributed by atoms with Gasteiger partial charge in [-0.15, -0.1) is 0 Å². The van der Waals surface area contributed by atoms with E-state index in [4.69, 9.17) is 15.5 Å². The Hall–Kier alpha value is -2.06. The van der Waals surface area contributed by atoms with Crippen LogP contribution in [0.4, 0.5) is 11.4 Å². The highest BCUT2D eigenvalue weighted by Crippen LogP contribution is 2.33. The van der Waals surface area contributed by atoms with Gasteiger partial charge in [-0.25, -0.2) is 8.42 Å². The van der Waals surface area contributed by atoms with Gasteiger partial charge in [-0.2, -0.15) is 0 Å². The Morgan fingerprint density at radius 2 is 1.64 bits per heavy atom. The summed E-state index contributed by atoms with van der Waals surface area (Å²) < 4.78 is 37.6. The molecule has 8 nitrogen and oxygen atoms in total. The SMILES string of the molecule is Nc1cc(S(=O)(=O)Nc2ccc(P(=O)(O)O)cc2)ccc1O. The van der Waals surface area contributed by atoms with E-state index in [0.29, 0.717) is 0 Å². The first-order valence-electron chi connectivity index (χ1n) is 5.87. The van der Waals surface area contributed by atoms with E-state index in [1.807, 2.05) is 0 Å². The Bertz CT molecular complexity index is 844. The maximum Gasteiger partial charge on any atom is 0.356 e. The summed E-state index contributed by atoms with van der Waals surface area (Å²) in [7, 11) is -8.32. The first-order chi connectivity index (χ1) is 10.1. The fourth-order valence-corrected chi connectivity index (χ4v) is 3.27. The standard InChI is InChI=1S/C12H13N2O6PS/c13-11-7-10(5-6-12(11)15)22(19,20)14-8-1-3-9(4-2-8)21(16,17)18/h1-7,14-15H,13H2,(H2,16,17,18). The minimum atomic E-state index is -4.38. The lowest BCUT2D eigenvalue weighted by Crippen LogP contribution is -2.14. The number of rotatable bonds is 4. The van der Waals surface area contributed by atoms with Gasteiger partial charge in [0.25, 0.3) is 10.0 Å². The first kappa shape index (κ1) is 16.3. The summed E-state index contributed by atoms with van der Waals surface area (Å²) in [6.45, 7) is 0. The number of nitrogens with two attached hydrogens (primary N) is 1. The minimum absolute atomic E-state index is 0.0836. The minimum Gasteiger partial charge on any atom is -0.506 e. The van der Waals surface area contributed by atoms with Crippen molar-refractivity contribution in [2.45, 2.75) is 4.90 Å². The molecule has 0 atom stereocenters. The zero-order chi connectivity index (χ0) is 16.5. The van der Waals surface area contributed by atoms with Crippen LogP contribution >= 0.6 is 7.60 Å². The molecule has 2 aromatic rings. The van der Waals surface area contributed by atoms with Crippen molar-refractivity contribution in [2.24, 2.45) is 0 Å². The topological polar surface area (TPSA) is 150 Å². The number of sulfonamides is 1. The van der Waals surface area contributed by atoms with Crippen molar-refractivity contribution >= 4 is 34.3 Å². The smallest absolute Gasteiger partial charge is 0.356 e. The number of hydrogen-bond donors (Lipinski definition) is 5. The molecule has 0 fully saturated rings. The zero-order valence-corrected chi connectivity index (χ0v) is 12.8. The van der Waals surface area contributed by atoms with Crippen LogP contribution in [0, 0.1) is 0 Å². The lowest BCUT2D eigenvalue weighted by atomic mass is 10.3. The number of nitrogen functional groups attached to an aromatic ring is 1. The van der Waals surface area contributed by atoms with Crippen molar-refractivity contribution < 1.29 is 27.9 Å². The number of aromatic hydroxyl groups is 1. The number of phenolic OH excluding ortho intramolecular Hbond substituents is 1. The van der Waals surface area contributed by atoms with E-state index in [1.165, 1.54) is 18.2 Å². The van der Waals surface area contributed by atoms with Gasteiger partial charge in [0.05, 0.1) is 15.9 Å². The highest BCUT2D eigenvalue weighted by atomic mass is 32.2. The van der Waals surface area contributed by atoms with Gasteiger partial charge in [0.15, 0.2) is 0 Å². The second-order valence-electron chi connectivity index (χ2n) is 4.42. The Morgan fingerprint density at radius 3 is 2.14 bits per heavy atom. The molecule has 0 aliphatic carbocycles. The molecular weight excluding hydrogens is 331 g/mol. The Kier molecular flexibility index (Phi) is 4.17. The van der Waals surface area contributed by atoms with Crippen molar-refractivity contribution in [3.05, 3.63) is 42.5 Å². The molecule has 0 radical (unpaired) electrons. The fraction of sp³-hybridized carbons (Fsp3) is 0. The van der Waals surface area contributed by atoms with Crippen LogP contribution in [0.5, 0.6) is 5.75 Å². The molecular formula is C12H13N2O6PS. The number of phenols is 1. The lowest BCUT2D eigenvalue weighted by Gasteiger charge is -2.10. The van der Waals surface area contributed by atoms with Crippen LogP contribution in [-0.4, -0.2) is 23.3 Å². The van der Waals surface area contributed by atoms with Gasteiger partial charge in [-0.05, 0) is 42.5 Å². The van der Waals surface area contributed by atoms with Crippen molar-refractivity contribution in [3.8, 4) is 5.75 Å². The second kappa shape index (κ2) is 5.62. The molecule has 0 saturated heterocycles. The van der Waals surface area contributed by atoms with Gasteiger partial charge in [0.1, 0.15) is 5.75 Å². The normalized spacial score (nSPS) is 12.1. The van der Waals surface area contributed by atoms with Crippen molar-refractivity contribution in [1.82, 2.24) is 0 Å². The van der Waals surface area contributed by atoms with Crippen LogP contribution < -0.4 is 15.8 Å². The Labute approximate surface area is 126 Å². The zero-order valence-electron chi connectivity index (χ0n) is 11.0. The monoisotopic (exact) mass is 344 g/mol. The third-order valence-corrected chi connectivity index (χ3v) is 5.11. The number of nitrogens with one attached hydrogen (secondary N) is 1. The maximum absolute atomic E-state index is 12.1. The Morgan fingerprint density at radius 1 is 1.05 bits per heavy atom. The molecule has 0 saturated carbocycles. The van der Waals surface area contributed by atoms with E-state index in [0.717, 1.165) is 24.3 Å². The van der Waals surface area contributed by atoms with Crippen LogP contribution in [0.15, 0.2) is 47.4 Å². The van der Waals surface area contributed by atoms with Gasteiger partial charge in [-0.1, -0.05) is 0 Å². The predicted molar refractivity (Wildman–Crippen MR) is 81.4 cm³/mol. The third kappa shape index (κ3) is 3.58. The van der Waals surface area contributed by atoms with Gasteiger partial charge in [0, 0.05) is 5.69 Å². The van der Waals surface area contributed by atoms with E-state index in [2.05, 4.69) is 4.72 Å². The molecule has 0 unspecified atom stereocenters. The van der Waals surface area contributed by atoms with E-state index in [1.54, 1.807) is 0 Å². The molecule has 0 heterocycles. The molecule has 0 aromatic heterocycles. The molecule has 0 aliphatic rings. The van der Waals surface area contributed by atoms with Crippen LogP contribution in [0.25, 0.3) is 0 Å². The van der Waals surface area contributed by atoms with Gasteiger partial charge < -0.3 is 20.6 Å². The van der Waals surface area contributed by atoms with Gasteiger partial charge in [0.2, 0.25) is 0 Å². The fourth-order valence-electron chi connectivity index (χ4n) is 1.64. The quantitative estimate of drug-likeness (QED) is 0.309. The molecule has 0 aliphatic heterocycles. The lowest BCUT2D eigenvalue weighted by molar-refractivity contribution is 0.387. The molecule has 2 rings (SSSR count). The molecule has 22 heavy (non-hydrogen) atoms. The average Bonchev–Trinajstić information content (AvgIpc) is 2.41. The van der Waals surface area contributed by atoms with Crippen LogP contribution in [0.3, 0.4) is 0 Å². The number of benzene rings is 2. The average molecular weight is 344 g/mol. The molecule has 0 bridgehead atoms. The molecule has 6 N–H and O–H groups in total. The summed E-state index contributed by atoms with van der Waals surface area (Å²) in [5.74, 6) is -0.232. The first-order valence-corrected chi connectivity index (χ1v) is 8.96. The van der Waals surface area contributed by atoms with E-state index in [9.17, 15) is 18.1 Å². The molecule has 0 spiro atoms. The van der Waals surface area contributed by atoms with Gasteiger partial charge >= 0.3 is 7.60 Å². The molecule has 10 heteroatoms. The van der Waals surface area contributed by atoms with Crippen molar-refractivity contribution in [2.75, 3.05) is 10.5 Å². The summed E-state index contributed by atoms with van der Waals surface area (Å²) in [6, 6.07) is 8.15. The van der Waals surface area contributed by atoms with Crippen molar-refractivity contribution in [1.29, 1.82) is 0 Å². The Balaban J connectivity index is 2.29. The molecule has 2 aromatic carbocycles. The van der Waals surface area contributed by atoms with E-state index >= 15 is 0 Å². The van der Waals surface area contributed by atoms with Crippen LogP contribution in [0.2, 0.25) is 0 Å². The highest BCUT2D eigenvalue weighted by molar-refractivity contribution is 7.92. The van der Waals surface area contributed by atoms with Crippen LogP contribution in [0.1, 0.15) is 0 Å². The third-order valence-electron chi connectivity index (χ3n) is 2.77. The summed E-state index contributed by atoms with van der Waals surface area (Å²) in [4.78, 5) is 17.8. The largest absolute Gasteiger partial charge is 0.506 e. The molecule has 118 valence electrons. The van der Waals surface area contributed by atoms with E-state index < -0.39 is 17.6 Å². The number of hydrogen-bond acceptors (Lipinski definition) is 5. The summed E-state index contributed by atoms with van der Waals surface area (Å²) in [5.41, 5.74) is 5.49. The summed E-state index contributed by atoms with van der Waals surface area (Å²) in [5, 5.41) is 9.07. The number of anilines is 2. The summed E-state index contributed by atoms with van der Waals surface area (Å²) in [6.07, 6.45) is 0. The van der Waals surface area contributed by atoms with Crippen LogP contribution in [-0.2, 0) is 14.6 Å². The maximum atomic E-state index is 12.1. The van der Waals surface area contributed by atoms with Crippen molar-refractivity contribution in [3.63, 3.8) is 0 Å². The molecule has 0 amide bonds. The predicted octanol–water partition coefficient (Wildman–Crippen LogP) is 0.578. The van der Waals surface area contributed by atoms with E-state index in [-0.39, 0.29) is 27.3 Å². The second-order valence-corrected chi connectivity index (χ2v) is 7.70.